The molecule has 0 bridgehead atoms. The smallest absolute Gasteiger partial charge is 0.372 e. The number of carbonyl (C=O) groups is 1. The zero-order valence-corrected chi connectivity index (χ0v) is 9.01. The Morgan fingerprint density at radius 1 is 1.24 bits per heavy atom. The highest BCUT2D eigenvalue weighted by atomic mass is 16.4. The van der Waals surface area contributed by atoms with Crippen molar-refractivity contribution in [2.75, 3.05) is 11.5 Å². The normalized spacial score (nSPS) is 10.4. The zero-order valence-electron chi connectivity index (χ0n) is 9.01. The van der Waals surface area contributed by atoms with Crippen molar-refractivity contribution in [1.29, 1.82) is 0 Å². The van der Waals surface area contributed by atoms with Gasteiger partial charge in [0.25, 0.3) is 0 Å². The van der Waals surface area contributed by atoms with Gasteiger partial charge in [0.05, 0.1) is 6.26 Å². The van der Waals surface area contributed by atoms with Gasteiger partial charge < -0.3 is 21.0 Å². The van der Waals surface area contributed by atoms with Gasteiger partial charge >= 0.3 is 5.97 Å². The maximum Gasteiger partial charge on any atom is 0.372 e. The molecule has 5 N–H and O–H groups in total. The Kier molecular flexibility index (Phi) is 2.74. The van der Waals surface area contributed by atoms with Crippen LogP contribution in [0.2, 0.25) is 0 Å². The largest absolute Gasteiger partial charge is 0.475 e. The number of hydrogen-bond donors (Lipinski definition) is 3. The number of furan rings is 1. The summed E-state index contributed by atoms with van der Waals surface area (Å²) in [6.07, 6.45) is 1.78. The van der Waals surface area contributed by atoms with Crippen LogP contribution in [0.4, 0.5) is 11.4 Å². The molecule has 2 rings (SSSR count). The van der Waals surface area contributed by atoms with Crippen LogP contribution in [0.25, 0.3) is 0 Å². The van der Waals surface area contributed by atoms with Crippen molar-refractivity contribution in [1.82, 2.24) is 0 Å². The van der Waals surface area contributed by atoms with Crippen LogP contribution in [0.3, 0.4) is 0 Å². The van der Waals surface area contributed by atoms with Crippen LogP contribution in [0.1, 0.15) is 21.7 Å². The number of rotatable bonds is 3. The fourth-order valence-corrected chi connectivity index (χ4v) is 1.73. The van der Waals surface area contributed by atoms with Gasteiger partial charge in [0.1, 0.15) is 0 Å². The molecule has 0 radical (unpaired) electrons. The van der Waals surface area contributed by atoms with Gasteiger partial charge in [-0.25, -0.2) is 4.79 Å². The summed E-state index contributed by atoms with van der Waals surface area (Å²) in [5.74, 6) is -1.13. The highest BCUT2D eigenvalue weighted by molar-refractivity contribution is 5.86. The predicted molar refractivity (Wildman–Crippen MR) is 63.7 cm³/mol. The maximum absolute atomic E-state index is 10.9. The number of nitrogen functional groups attached to an aromatic ring is 2. The van der Waals surface area contributed by atoms with E-state index >= 15 is 0 Å². The zero-order chi connectivity index (χ0) is 12.4. The fraction of sp³-hybridized carbons (Fsp3) is 0.0833. The second kappa shape index (κ2) is 4.21. The number of carboxylic acids is 1. The summed E-state index contributed by atoms with van der Waals surface area (Å²) in [4.78, 5) is 10.9. The Hall–Kier alpha value is -2.43. The molecule has 0 spiro atoms. The topological polar surface area (TPSA) is 102 Å². The number of aromatic carboxylic acids is 1. The molecule has 1 aromatic heterocycles. The summed E-state index contributed by atoms with van der Waals surface area (Å²) in [5.41, 5.74) is 13.9. The van der Waals surface area contributed by atoms with Crippen LogP contribution in [0.5, 0.6) is 0 Å². The van der Waals surface area contributed by atoms with E-state index < -0.39 is 5.97 Å². The first-order chi connectivity index (χ1) is 8.06. The molecule has 0 amide bonds. The number of benzene rings is 1. The van der Waals surface area contributed by atoms with Gasteiger partial charge in [0, 0.05) is 23.4 Å². The third-order valence-corrected chi connectivity index (χ3v) is 2.37. The maximum atomic E-state index is 10.9. The molecule has 0 unspecified atom stereocenters. The minimum Gasteiger partial charge on any atom is -0.475 e. The van der Waals surface area contributed by atoms with E-state index in [9.17, 15) is 4.79 Å². The quantitative estimate of drug-likeness (QED) is 0.699. The van der Waals surface area contributed by atoms with E-state index in [0.717, 1.165) is 5.56 Å². The first-order valence-corrected chi connectivity index (χ1v) is 5.01. The van der Waals surface area contributed by atoms with Gasteiger partial charge in [-0.05, 0) is 29.8 Å². The molecule has 0 fully saturated rings. The third-order valence-electron chi connectivity index (χ3n) is 2.37. The van der Waals surface area contributed by atoms with E-state index in [4.69, 9.17) is 21.0 Å². The molecule has 0 atom stereocenters. The van der Waals surface area contributed by atoms with Gasteiger partial charge in [-0.3, -0.25) is 0 Å². The molecule has 17 heavy (non-hydrogen) atoms. The average molecular weight is 232 g/mol. The van der Waals surface area contributed by atoms with E-state index in [0.29, 0.717) is 23.4 Å². The highest BCUT2D eigenvalue weighted by Crippen LogP contribution is 2.20. The molecule has 5 heteroatoms. The second-order valence-electron chi connectivity index (χ2n) is 3.76. The summed E-state index contributed by atoms with van der Waals surface area (Å²) >= 11 is 0. The van der Waals surface area contributed by atoms with Gasteiger partial charge in [0.15, 0.2) is 0 Å². The Morgan fingerprint density at radius 2 is 1.88 bits per heavy atom. The van der Waals surface area contributed by atoms with Crippen molar-refractivity contribution in [2.24, 2.45) is 0 Å². The second-order valence-corrected chi connectivity index (χ2v) is 3.76. The lowest BCUT2D eigenvalue weighted by atomic mass is 10.0. The van der Waals surface area contributed by atoms with Gasteiger partial charge in [-0.15, -0.1) is 0 Å². The number of nitrogens with two attached hydrogens (primary N) is 2. The Morgan fingerprint density at radius 3 is 2.47 bits per heavy atom. The van der Waals surface area contributed by atoms with Crippen LogP contribution in [-0.2, 0) is 6.42 Å². The van der Waals surface area contributed by atoms with Crippen molar-refractivity contribution in [3.63, 3.8) is 0 Å². The molecule has 0 saturated heterocycles. The van der Waals surface area contributed by atoms with Gasteiger partial charge in [0.2, 0.25) is 5.76 Å². The lowest BCUT2D eigenvalue weighted by Crippen LogP contribution is -2.00. The molecule has 0 aliphatic heterocycles. The minimum atomic E-state index is -1.08. The number of hydrogen-bond acceptors (Lipinski definition) is 4. The third kappa shape index (κ3) is 2.39. The fourth-order valence-electron chi connectivity index (χ4n) is 1.73. The van der Waals surface area contributed by atoms with Crippen LogP contribution in [0.15, 0.2) is 34.9 Å². The predicted octanol–water partition coefficient (Wildman–Crippen LogP) is 1.73. The monoisotopic (exact) mass is 232 g/mol. The molecular formula is C12H12N2O3. The van der Waals surface area contributed by atoms with Crippen LogP contribution >= 0.6 is 0 Å². The van der Waals surface area contributed by atoms with Crippen molar-refractivity contribution < 1.29 is 14.3 Å². The lowest BCUT2D eigenvalue weighted by molar-refractivity contribution is 0.0661. The van der Waals surface area contributed by atoms with E-state index in [1.54, 1.807) is 24.3 Å². The van der Waals surface area contributed by atoms with E-state index in [1.807, 2.05) is 0 Å². The standard InChI is InChI=1S/C12H12N2O3/c13-9-4-7(5-10(14)6-9)3-8-1-2-17-11(8)12(15)16/h1-2,4-6H,3,13-14H2,(H,15,16). The van der Waals surface area contributed by atoms with Crippen LogP contribution in [-0.4, -0.2) is 11.1 Å². The SMILES string of the molecule is Nc1cc(N)cc(Cc2ccoc2C(=O)O)c1. The Balaban J connectivity index is 2.31. The number of carboxylic acid groups (broad SMARTS) is 1. The van der Waals surface area contributed by atoms with E-state index in [2.05, 4.69) is 0 Å². The summed E-state index contributed by atoms with van der Waals surface area (Å²) in [5, 5.41) is 8.90. The Bertz CT molecular complexity index is 540. The van der Waals surface area contributed by atoms with Crippen LogP contribution in [0, 0.1) is 0 Å². The molecule has 0 aliphatic rings. The van der Waals surface area contributed by atoms with Crippen molar-refractivity contribution in [3.05, 3.63) is 47.4 Å². The summed E-state index contributed by atoms with van der Waals surface area (Å²) in [7, 11) is 0. The summed E-state index contributed by atoms with van der Waals surface area (Å²) in [6, 6.07) is 6.80. The van der Waals surface area contributed by atoms with Crippen molar-refractivity contribution in [2.45, 2.75) is 6.42 Å². The highest BCUT2D eigenvalue weighted by Gasteiger charge is 2.14. The molecule has 88 valence electrons. The van der Waals surface area contributed by atoms with Crippen molar-refractivity contribution in [3.8, 4) is 0 Å². The first-order valence-electron chi connectivity index (χ1n) is 5.01. The van der Waals surface area contributed by atoms with E-state index in [-0.39, 0.29) is 5.76 Å². The van der Waals surface area contributed by atoms with Crippen LogP contribution < -0.4 is 11.5 Å². The molecule has 0 aliphatic carbocycles. The average Bonchev–Trinajstić information content (AvgIpc) is 2.63. The van der Waals surface area contributed by atoms with Gasteiger partial charge in [-0.1, -0.05) is 0 Å². The van der Waals surface area contributed by atoms with Crippen molar-refractivity contribution >= 4 is 17.3 Å². The molecule has 2 aromatic rings. The molecular weight excluding hydrogens is 220 g/mol. The Labute approximate surface area is 97.6 Å². The summed E-state index contributed by atoms with van der Waals surface area (Å²) in [6.45, 7) is 0. The number of anilines is 2. The van der Waals surface area contributed by atoms with Gasteiger partial charge in [-0.2, -0.15) is 0 Å². The minimum absolute atomic E-state index is 0.0500. The molecule has 1 heterocycles. The van der Waals surface area contributed by atoms with E-state index in [1.165, 1.54) is 6.26 Å². The molecule has 5 nitrogen and oxygen atoms in total. The summed E-state index contributed by atoms with van der Waals surface area (Å²) < 4.78 is 4.90. The first kappa shape index (κ1) is 11.1. The molecule has 0 saturated carbocycles. The molecule has 1 aromatic carbocycles. The lowest BCUT2D eigenvalue weighted by Gasteiger charge is -2.04.